The first-order valence-corrected chi connectivity index (χ1v) is 6.08. The average Bonchev–Trinajstić information content (AvgIpc) is 2.26. The quantitative estimate of drug-likeness (QED) is 0.560. The summed E-state index contributed by atoms with van der Waals surface area (Å²) in [5.41, 5.74) is 0.996. The van der Waals surface area contributed by atoms with Crippen molar-refractivity contribution in [3.63, 3.8) is 0 Å². The second-order valence-electron chi connectivity index (χ2n) is 3.81. The van der Waals surface area contributed by atoms with Gasteiger partial charge >= 0.3 is 5.97 Å². The molecule has 0 amide bonds. The van der Waals surface area contributed by atoms with E-state index in [1.807, 2.05) is 37.3 Å². The van der Waals surface area contributed by atoms with Gasteiger partial charge in [0.25, 0.3) is 0 Å². The van der Waals surface area contributed by atoms with Crippen LogP contribution in [0, 0.1) is 5.92 Å². The molecular formula is C12H16O2S2. The topological polar surface area (TPSA) is 37.3 Å². The third-order valence-electron chi connectivity index (χ3n) is 2.66. The fourth-order valence-corrected chi connectivity index (χ4v) is 1.95. The molecule has 0 heterocycles. The lowest BCUT2D eigenvalue weighted by Crippen LogP contribution is -2.34. The Morgan fingerprint density at radius 3 is 2.38 bits per heavy atom. The molecule has 16 heavy (non-hydrogen) atoms. The Bertz CT molecular complexity index is 349. The summed E-state index contributed by atoms with van der Waals surface area (Å²) in [6, 6.07) is 9.55. The number of rotatable bonds is 5. The van der Waals surface area contributed by atoms with Crippen molar-refractivity contribution in [1.82, 2.24) is 0 Å². The summed E-state index contributed by atoms with van der Waals surface area (Å²) in [5, 5.41) is 9.20. The van der Waals surface area contributed by atoms with Gasteiger partial charge in [0.15, 0.2) is 0 Å². The zero-order valence-corrected chi connectivity index (χ0v) is 10.9. The van der Waals surface area contributed by atoms with E-state index in [0.29, 0.717) is 12.8 Å². The molecule has 0 bridgehead atoms. The molecule has 0 aliphatic heterocycles. The highest BCUT2D eigenvalue weighted by molar-refractivity contribution is 8.00. The summed E-state index contributed by atoms with van der Waals surface area (Å²) in [6.07, 6.45) is 1.06. The lowest BCUT2D eigenvalue weighted by Gasteiger charge is -2.28. The van der Waals surface area contributed by atoms with Crippen LogP contribution in [0.3, 0.4) is 0 Å². The summed E-state index contributed by atoms with van der Waals surface area (Å²) in [6.45, 7) is 1.89. The molecule has 0 aliphatic rings. The molecule has 0 radical (unpaired) electrons. The van der Waals surface area contributed by atoms with Gasteiger partial charge in [-0.05, 0) is 18.4 Å². The molecule has 0 aromatic heterocycles. The van der Waals surface area contributed by atoms with Crippen LogP contribution in [0.1, 0.15) is 18.9 Å². The van der Waals surface area contributed by atoms with Crippen LogP contribution in [0.15, 0.2) is 30.3 Å². The number of hydrogen-bond acceptors (Lipinski definition) is 3. The number of carboxylic acids is 1. The molecule has 88 valence electrons. The summed E-state index contributed by atoms with van der Waals surface area (Å²) in [5.74, 6) is -1.44. The molecule has 0 aliphatic carbocycles. The Morgan fingerprint density at radius 2 is 1.94 bits per heavy atom. The molecular weight excluding hydrogens is 240 g/mol. The second kappa shape index (κ2) is 5.64. The Labute approximate surface area is 107 Å². The summed E-state index contributed by atoms with van der Waals surface area (Å²) in [4.78, 5) is 11.2. The van der Waals surface area contributed by atoms with Gasteiger partial charge in [0.05, 0.1) is 10.00 Å². The molecule has 1 atom stereocenters. The number of carboxylic acid groups (broad SMARTS) is 1. The normalized spacial score (nSPS) is 13.4. The molecule has 1 N–H and O–H groups in total. The average molecular weight is 256 g/mol. The highest BCUT2D eigenvalue weighted by Gasteiger charge is 2.35. The van der Waals surface area contributed by atoms with E-state index >= 15 is 0 Å². The van der Waals surface area contributed by atoms with Crippen molar-refractivity contribution in [3.05, 3.63) is 35.9 Å². The molecule has 1 aromatic carbocycles. The Hall–Kier alpha value is -0.610. The minimum Gasteiger partial charge on any atom is -0.481 e. The van der Waals surface area contributed by atoms with Gasteiger partial charge in [0.2, 0.25) is 0 Å². The molecule has 1 aromatic rings. The minimum atomic E-state index is -0.851. The predicted octanol–water partition coefficient (Wildman–Crippen LogP) is 2.90. The summed E-state index contributed by atoms with van der Waals surface area (Å²) >= 11 is 8.67. The zero-order valence-electron chi connectivity index (χ0n) is 9.13. The maximum atomic E-state index is 11.2. The Kier molecular flexibility index (Phi) is 4.74. The molecule has 1 rings (SSSR count). The number of aliphatic carboxylic acids is 1. The minimum absolute atomic E-state index is 0.455. The van der Waals surface area contributed by atoms with Crippen molar-refractivity contribution >= 4 is 31.2 Å². The third-order valence-corrected chi connectivity index (χ3v) is 3.91. The highest BCUT2D eigenvalue weighted by atomic mass is 32.2. The summed E-state index contributed by atoms with van der Waals surface area (Å²) < 4.78 is -0.776. The van der Waals surface area contributed by atoms with Crippen LogP contribution in [0.5, 0.6) is 0 Å². The van der Waals surface area contributed by atoms with Crippen LogP contribution in [0.2, 0.25) is 0 Å². The van der Waals surface area contributed by atoms with Gasteiger partial charge < -0.3 is 5.11 Å². The largest absolute Gasteiger partial charge is 0.481 e. The van der Waals surface area contributed by atoms with E-state index in [1.165, 1.54) is 0 Å². The van der Waals surface area contributed by atoms with Crippen molar-refractivity contribution in [3.8, 4) is 0 Å². The van der Waals surface area contributed by atoms with E-state index in [9.17, 15) is 9.90 Å². The first kappa shape index (κ1) is 13.5. The molecule has 2 nitrogen and oxygen atoms in total. The Morgan fingerprint density at radius 1 is 1.38 bits per heavy atom. The lowest BCUT2D eigenvalue weighted by molar-refractivity contribution is -0.142. The van der Waals surface area contributed by atoms with E-state index in [4.69, 9.17) is 0 Å². The van der Waals surface area contributed by atoms with Crippen LogP contribution in [0.4, 0.5) is 0 Å². The summed E-state index contributed by atoms with van der Waals surface area (Å²) in [7, 11) is 0. The van der Waals surface area contributed by atoms with Gasteiger partial charge in [0, 0.05) is 0 Å². The standard InChI is InChI=1S/C12H16O2S2/c1-2-12(15,16)10(11(13)14)8-9-6-4-3-5-7-9/h3-7,10,15-16H,2,8H2,1H3,(H,13,14). The van der Waals surface area contributed by atoms with Crippen molar-refractivity contribution in [2.24, 2.45) is 5.92 Å². The van der Waals surface area contributed by atoms with Crippen molar-refractivity contribution < 1.29 is 9.90 Å². The molecule has 4 heteroatoms. The maximum Gasteiger partial charge on any atom is 0.309 e. The van der Waals surface area contributed by atoms with Crippen LogP contribution in [-0.2, 0) is 11.2 Å². The second-order valence-corrected chi connectivity index (χ2v) is 5.76. The smallest absolute Gasteiger partial charge is 0.309 e. The van der Waals surface area contributed by atoms with Gasteiger partial charge in [-0.1, -0.05) is 37.3 Å². The Balaban J connectivity index is 2.85. The predicted molar refractivity (Wildman–Crippen MR) is 72.3 cm³/mol. The van der Waals surface area contributed by atoms with Crippen molar-refractivity contribution in [2.45, 2.75) is 23.8 Å². The van der Waals surface area contributed by atoms with Gasteiger partial charge in [0.1, 0.15) is 0 Å². The monoisotopic (exact) mass is 256 g/mol. The zero-order chi connectivity index (χ0) is 12.2. The fourth-order valence-electron chi connectivity index (χ4n) is 1.54. The SMILES string of the molecule is CCC(S)(S)C(Cc1ccccc1)C(=O)O. The number of hydrogen-bond donors (Lipinski definition) is 3. The molecule has 1 unspecified atom stereocenters. The van der Waals surface area contributed by atoms with E-state index in [0.717, 1.165) is 5.56 Å². The first-order chi connectivity index (χ1) is 7.47. The van der Waals surface area contributed by atoms with Crippen LogP contribution >= 0.6 is 25.3 Å². The van der Waals surface area contributed by atoms with Crippen LogP contribution < -0.4 is 0 Å². The lowest BCUT2D eigenvalue weighted by atomic mass is 9.94. The number of benzene rings is 1. The van der Waals surface area contributed by atoms with Crippen molar-refractivity contribution in [2.75, 3.05) is 0 Å². The van der Waals surface area contributed by atoms with Gasteiger partial charge in [-0.15, -0.1) is 0 Å². The first-order valence-electron chi connectivity index (χ1n) is 5.19. The maximum absolute atomic E-state index is 11.2. The molecule has 0 spiro atoms. The number of thiol groups is 2. The van der Waals surface area contributed by atoms with Gasteiger partial charge in [-0.25, -0.2) is 0 Å². The third kappa shape index (κ3) is 3.46. The molecule has 0 fully saturated rings. The molecule has 0 saturated heterocycles. The number of carbonyl (C=O) groups is 1. The molecule has 0 saturated carbocycles. The van der Waals surface area contributed by atoms with Crippen molar-refractivity contribution in [1.29, 1.82) is 0 Å². The fraction of sp³-hybridized carbons (Fsp3) is 0.417. The van der Waals surface area contributed by atoms with E-state index in [-0.39, 0.29) is 0 Å². The van der Waals surface area contributed by atoms with Gasteiger partial charge in [-0.2, -0.15) is 25.3 Å². The highest BCUT2D eigenvalue weighted by Crippen LogP contribution is 2.35. The van der Waals surface area contributed by atoms with Crippen LogP contribution in [-0.4, -0.2) is 15.2 Å². The van der Waals surface area contributed by atoms with E-state index < -0.39 is 16.0 Å². The van der Waals surface area contributed by atoms with E-state index in [1.54, 1.807) is 0 Å². The van der Waals surface area contributed by atoms with E-state index in [2.05, 4.69) is 25.3 Å². The van der Waals surface area contributed by atoms with Crippen LogP contribution in [0.25, 0.3) is 0 Å². The van der Waals surface area contributed by atoms with Gasteiger partial charge in [-0.3, -0.25) is 4.79 Å².